The van der Waals surface area contributed by atoms with Crippen LogP contribution in [0.1, 0.15) is 0 Å². The van der Waals surface area contributed by atoms with Crippen molar-refractivity contribution in [2.75, 3.05) is 0 Å². The van der Waals surface area contributed by atoms with E-state index in [1.807, 2.05) is 0 Å². The summed E-state index contributed by atoms with van der Waals surface area (Å²) >= 11 is 13.2. The molecule has 0 radical (unpaired) electrons. The highest BCUT2D eigenvalue weighted by molar-refractivity contribution is 9.13. The zero-order valence-corrected chi connectivity index (χ0v) is 16.4. The molecule has 0 saturated carbocycles. The van der Waals surface area contributed by atoms with Crippen molar-refractivity contribution >= 4 is 73.6 Å². The highest BCUT2D eigenvalue weighted by atomic mass is 79.9. The van der Waals surface area contributed by atoms with E-state index in [2.05, 4.69) is 63.7 Å². The molecule has 100 valence electrons. The third-order valence-electron chi connectivity index (χ3n) is 2.35. The highest BCUT2D eigenvalue weighted by Gasteiger charge is 2.19. The number of hydrogen-bond acceptors (Lipinski definition) is 2. The van der Waals surface area contributed by atoms with Crippen LogP contribution in [0.3, 0.4) is 0 Å². The fraction of sp³-hybridized carbons (Fsp3) is 0. The predicted octanol–water partition coefficient (Wildman–Crippen LogP) is 5.57. The molecule has 0 unspecified atom stereocenters. The summed E-state index contributed by atoms with van der Waals surface area (Å²) in [6.45, 7) is 0. The Labute approximate surface area is 145 Å². The van der Waals surface area contributed by atoms with Gasteiger partial charge in [0, 0.05) is 17.9 Å². The fourth-order valence-corrected chi connectivity index (χ4v) is 5.19. The van der Waals surface area contributed by atoms with Crippen molar-refractivity contribution in [1.29, 1.82) is 0 Å². The zero-order valence-electron chi connectivity index (χ0n) is 9.20. The van der Waals surface area contributed by atoms with Gasteiger partial charge in [-0.25, -0.2) is 8.42 Å². The Morgan fingerprint density at radius 1 is 0.684 bits per heavy atom. The molecule has 0 aliphatic heterocycles. The summed E-state index contributed by atoms with van der Waals surface area (Å²) < 4.78 is 28.0. The molecule has 0 saturated heterocycles. The molecule has 19 heavy (non-hydrogen) atoms. The molecular formula is C12H6Br4O2S. The topological polar surface area (TPSA) is 34.1 Å². The monoisotopic (exact) mass is 530 g/mol. The van der Waals surface area contributed by atoms with Crippen molar-refractivity contribution in [3.63, 3.8) is 0 Å². The van der Waals surface area contributed by atoms with Gasteiger partial charge < -0.3 is 0 Å². The fourth-order valence-electron chi connectivity index (χ4n) is 1.46. The van der Waals surface area contributed by atoms with Crippen molar-refractivity contribution in [1.82, 2.24) is 0 Å². The Morgan fingerprint density at radius 3 is 1.79 bits per heavy atom. The van der Waals surface area contributed by atoms with Crippen molar-refractivity contribution in [3.8, 4) is 0 Å². The first-order chi connectivity index (χ1) is 8.80. The minimum atomic E-state index is -3.53. The molecule has 0 heterocycles. The van der Waals surface area contributed by atoms with Gasteiger partial charge in [0.2, 0.25) is 9.84 Å². The van der Waals surface area contributed by atoms with Gasteiger partial charge >= 0.3 is 0 Å². The average Bonchev–Trinajstić information content (AvgIpc) is 2.31. The summed E-state index contributed by atoms with van der Waals surface area (Å²) in [6.07, 6.45) is 0. The number of halogens is 4. The van der Waals surface area contributed by atoms with Gasteiger partial charge in [-0.05, 0) is 68.3 Å². The van der Waals surface area contributed by atoms with Crippen LogP contribution < -0.4 is 0 Å². The van der Waals surface area contributed by atoms with Gasteiger partial charge in [0.1, 0.15) is 0 Å². The average molecular weight is 534 g/mol. The van der Waals surface area contributed by atoms with Gasteiger partial charge in [-0.15, -0.1) is 0 Å². The normalized spacial score (nSPS) is 11.6. The number of sulfone groups is 1. The molecule has 7 heteroatoms. The third-order valence-corrected chi connectivity index (χ3v) is 6.87. The first-order valence-corrected chi connectivity index (χ1v) is 9.62. The van der Waals surface area contributed by atoms with Gasteiger partial charge in [0.25, 0.3) is 0 Å². The van der Waals surface area contributed by atoms with Crippen LogP contribution in [0.4, 0.5) is 0 Å². The quantitative estimate of drug-likeness (QED) is 0.506. The summed E-state index contributed by atoms with van der Waals surface area (Å²) in [7, 11) is -3.53. The molecule has 0 aliphatic rings. The lowest BCUT2D eigenvalue weighted by atomic mass is 10.4. The largest absolute Gasteiger partial charge is 0.219 e. The molecule has 0 aliphatic carbocycles. The Balaban J connectivity index is 2.61. The van der Waals surface area contributed by atoms with Crippen LogP contribution in [0.5, 0.6) is 0 Å². The summed E-state index contributed by atoms with van der Waals surface area (Å²) in [5.41, 5.74) is 0. The molecule has 0 fully saturated rings. The van der Waals surface area contributed by atoms with Crippen LogP contribution in [-0.2, 0) is 9.84 Å². The summed E-state index contributed by atoms with van der Waals surface area (Å²) in [5.74, 6) is 0. The van der Waals surface area contributed by atoms with Gasteiger partial charge in [-0.3, -0.25) is 0 Å². The van der Waals surface area contributed by atoms with Crippen LogP contribution in [0.25, 0.3) is 0 Å². The molecule has 2 aromatic rings. The second-order valence-electron chi connectivity index (χ2n) is 3.68. The van der Waals surface area contributed by atoms with E-state index in [1.54, 1.807) is 36.4 Å². The maximum Gasteiger partial charge on any atom is 0.206 e. The van der Waals surface area contributed by atoms with E-state index in [0.717, 1.165) is 4.47 Å². The van der Waals surface area contributed by atoms with E-state index in [1.165, 1.54) is 0 Å². The summed E-state index contributed by atoms with van der Waals surface area (Å²) in [6, 6.07) is 9.79. The molecule has 2 aromatic carbocycles. The van der Waals surface area contributed by atoms with E-state index in [4.69, 9.17) is 0 Å². The van der Waals surface area contributed by atoms with Crippen LogP contribution in [0.2, 0.25) is 0 Å². The molecule has 0 spiro atoms. The van der Waals surface area contributed by atoms with Crippen LogP contribution >= 0.6 is 63.7 Å². The Morgan fingerprint density at radius 2 is 1.26 bits per heavy atom. The minimum absolute atomic E-state index is 0.239. The van der Waals surface area contributed by atoms with Crippen molar-refractivity contribution in [2.24, 2.45) is 0 Å². The smallest absolute Gasteiger partial charge is 0.206 e. The maximum absolute atomic E-state index is 12.5. The minimum Gasteiger partial charge on any atom is -0.219 e. The van der Waals surface area contributed by atoms with Crippen LogP contribution in [0.15, 0.2) is 64.1 Å². The van der Waals surface area contributed by atoms with Crippen LogP contribution in [-0.4, -0.2) is 8.42 Å². The molecule has 0 N–H and O–H groups in total. The van der Waals surface area contributed by atoms with Gasteiger partial charge in [-0.2, -0.15) is 0 Å². The van der Waals surface area contributed by atoms with Crippen LogP contribution in [0, 0.1) is 0 Å². The lowest BCUT2D eigenvalue weighted by Gasteiger charge is -2.07. The third kappa shape index (κ3) is 3.50. The number of hydrogen-bond donors (Lipinski definition) is 0. The predicted molar refractivity (Wildman–Crippen MR) is 89.1 cm³/mol. The van der Waals surface area contributed by atoms with Gasteiger partial charge in [0.05, 0.1) is 9.79 Å². The Hall–Kier alpha value is 0.310. The Bertz CT molecular complexity index is 721. The molecule has 0 aromatic heterocycles. The molecular weight excluding hydrogens is 528 g/mol. The van der Waals surface area contributed by atoms with E-state index in [9.17, 15) is 8.42 Å². The highest BCUT2D eigenvalue weighted by Crippen LogP contribution is 2.31. The summed E-state index contributed by atoms with van der Waals surface area (Å²) in [5, 5.41) is 0. The second kappa shape index (κ2) is 5.97. The lowest BCUT2D eigenvalue weighted by Crippen LogP contribution is -2.02. The molecule has 0 bridgehead atoms. The van der Waals surface area contributed by atoms with Gasteiger partial charge in [-0.1, -0.05) is 31.9 Å². The lowest BCUT2D eigenvalue weighted by molar-refractivity contribution is 0.596. The summed E-state index contributed by atoms with van der Waals surface area (Å²) in [4.78, 5) is 0.482. The maximum atomic E-state index is 12.5. The second-order valence-corrected chi connectivity index (χ2v) is 9.17. The number of benzene rings is 2. The first-order valence-electron chi connectivity index (χ1n) is 4.97. The molecule has 0 amide bonds. The van der Waals surface area contributed by atoms with E-state index in [0.29, 0.717) is 13.4 Å². The van der Waals surface area contributed by atoms with Crippen molar-refractivity contribution in [3.05, 3.63) is 54.3 Å². The SMILES string of the molecule is O=S(=O)(c1cc(Br)cc(Br)c1)c1ccc(Br)c(Br)c1. The Kier molecular flexibility index (Phi) is 4.93. The van der Waals surface area contributed by atoms with E-state index < -0.39 is 9.84 Å². The first kappa shape index (κ1) is 15.7. The molecule has 2 rings (SSSR count). The van der Waals surface area contributed by atoms with Crippen molar-refractivity contribution < 1.29 is 8.42 Å². The van der Waals surface area contributed by atoms with E-state index in [-0.39, 0.29) is 9.79 Å². The van der Waals surface area contributed by atoms with Crippen molar-refractivity contribution in [2.45, 2.75) is 9.79 Å². The van der Waals surface area contributed by atoms with Gasteiger partial charge in [0.15, 0.2) is 0 Å². The molecule has 0 atom stereocenters. The standard InChI is InChI=1S/C12H6Br4O2S/c13-7-3-8(14)5-10(4-7)19(17,18)9-1-2-11(15)12(16)6-9/h1-6H. The number of rotatable bonds is 2. The molecule has 2 nitrogen and oxygen atoms in total. The zero-order chi connectivity index (χ0) is 14.2. The van der Waals surface area contributed by atoms with E-state index >= 15 is 0 Å².